The highest BCUT2D eigenvalue weighted by Gasteiger charge is 2.25. The van der Waals surface area contributed by atoms with Crippen LogP contribution >= 0.6 is 0 Å². The summed E-state index contributed by atoms with van der Waals surface area (Å²) in [5.41, 5.74) is 2.44. The number of aliphatic hydroxyl groups is 1. The summed E-state index contributed by atoms with van der Waals surface area (Å²) in [5, 5.41) is 10.3. The average Bonchev–Trinajstić information content (AvgIpc) is 2.89. The van der Waals surface area contributed by atoms with Crippen LogP contribution < -0.4 is 4.90 Å². The highest BCUT2D eigenvalue weighted by Crippen LogP contribution is 2.21. The summed E-state index contributed by atoms with van der Waals surface area (Å²) in [6, 6.07) is 8.44. The van der Waals surface area contributed by atoms with E-state index < -0.39 is 0 Å². The summed E-state index contributed by atoms with van der Waals surface area (Å²) >= 11 is 0. The van der Waals surface area contributed by atoms with E-state index in [0.29, 0.717) is 19.1 Å². The first kappa shape index (κ1) is 13.4. The first-order chi connectivity index (χ1) is 8.70. The summed E-state index contributed by atoms with van der Waals surface area (Å²) in [6.45, 7) is 7.31. The molecule has 100 valence electrons. The molecule has 0 saturated carbocycles. The van der Waals surface area contributed by atoms with Gasteiger partial charge in [0.1, 0.15) is 0 Å². The zero-order chi connectivity index (χ0) is 13.0. The van der Waals surface area contributed by atoms with Crippen molar-refractivity contribution >= 4 is 5.69 Å². The minimum absolute atomic E-state index is 0.295. The minimum atomic E-state index is -0.298. The van der Waals surface area contributed by atoms with Gasteiger partial charge in [-0.05, 0) is 38.0 Å². The summed E-state index contributed by atoms with van der Waals surface area (Å²) < 4.78 is 5.34. The van der Waals surface area contributed by atoms with Crippen molar-refractivity contribution in [1.29, 1.82) is 0 Å². The topological polar surface area (TPSA) is 32.7 Å². The second-order valence-electron chi connectivity index (χ2n) is 5.07. The molecule has 1 aliphatic heterocycles. The van der Waals surface area contributed by atoms with Crippen molar-refractivity contribution in [1.82, 2.24) is 0 Å². The predicted molar refractivity (Wildman–Crippen MR) is 74.0 cm³/mol. The predicted octanol–water partition coefficient (Wildman–Crippen LogP) is 2.22. The van der Waals surface area contributed by atoms with Gasteiger partial charge in [-0.25, -0.2) is 0 Å². The first-order valence-electron chi connectivity index (χ1n) is 6.78. The average molecular weight is 249 g/mol. The monoisotopic (exact) mass is 249 g/mol. The number of aryl methyl sites for hydroxylation is 1. The van der Waals surface area contributed by atoms with Crippen LogP contribution in [0.4, 0.5) is 5.69 Å². The molecular formula is C15H23NO2. The highest BCUT2D eigenvalue weighted by atomic mass is 16.5. The molecule has 1 fully saturated rings. The molecule has 2 rings (SSSR count). The molecule has 18 heavy (non-hydrogen) atoms. The third kappa shape index (κ3) is 3.24. The first-order valence-corrected chi connectivity index (χ1v) is 6.78. The molecule has 0 aromatic heterocycles. The van der Waals surface area contributed by atoms with E-state index in [2.05, 4.69) is 43.0 Å². The number of hydrogen-bond donors (Lipinski definition) is 1. The van der Waals surface area contributed by atoms with Gasteiger partial charge in [-0.15, -0.1) is 0 Å². The van der Waals surface area contributed by atoms with Crippen LogP contribution in [0.2, 0.25) is 0 Å². The van der Waals surface area contributed by atoms with Gasteiger partial charge < -0.3 is 14.7 Å². The van der Waals surface area contributed by atoms with Gasteiger partial charge >= 0.3 is 0 Å². The van der Waals surface area contributed by atoms with Crippen molar-refractivity contribution in [2.45, 2.75) is 26.4 Å². The Kier molecular flexibility index (Phi) is 4.61. The van der Waals surface area contributed by atoms with E-state index in [1.54, 1.807) is 0 Å². The molecule has 0 radical (unpaired) electrons. The Morgan fingerprint density at radius 1 is 1.50 bits per heavy atom. The Balaban J connectivity index is 2.00. The molecule has 2 unspecified atom stereocenters. The lowest BCUT2D eigenvalue weighted by Crippen LogP contribution is -2.37. The molecule has 1 heterocycles. The van der Waals surface area contributed by atoms with E-state index in [1.807, 2.05) is 0 Å². The van der Waals surface area contributed by atoms with Crippen molar-refractivity contribution in [3.05, 3.63) is 29.8 Å². The zero-order valence-corrected chi connectivity index (χ0v) is 11.3. The SMILES string of the molecule is CCN(CC(O)C1CCOC1)c1cccc(C)c1. The second kappa shape index (κ2) is 6.21. The summed E-state index contributed by atoms with van der Waals surface area (Å²) in [6.07, 6.45) is 0.681. The number of anilines is 1. The molecule has 1 N–H and O–H groups in total. The smallest absolute Gasteiger partial charge is 0.0765 e. The maximum atomic E-state index is 10.3. The van der Waals surface area contributed by atoms with Gasteiger partial charge in [-0.1, -0.05) is 12.1 Å². The quantitative estimate of drug-likeness (QED) is 0.868. The molecule has 0 spiro atoms. The van der Waals surface area contributed by atoms with Crippen LogP contribution in [0.3, 0.4) is 0 Å². The lowest BCUT2D eigenvalue weighted by Gasteiger charge is -2.28. The van der Waals surface area contributed by atoms with Gasteiger partial charge in [0, 0.05) is 31.3 Å². The Bertz CT molecular complexity index is 375. The Morgan fingerprint density at radius 3 is 2.94 bits per heavy atom. The Morgan fingerprint density at radius 2 is 2.33 bits per heavy atom. The van der Waals surface area contributed by atoms with E-state index in [0.717, 1.165) is 19.6 Å². The van der Waals surface area contributed by atoms with Crippen molar-refractivity contribution in [3.63, 3.8) is 0 Å². The fraction of sp³-hybridized carbons (Fsp3) is 0.600. The molecule has 3 nitrogen and oxygen atoms in total. The molecule has 1 saturated heterocycles. The van der Waals surface area contributed by atoms with Crippen molar-refractivity contribution in [3.8, 4) is 0 Å². The number of likely N-dealkylation sites (N-methyl/N-ethyl adjacent to an activating group) is 1. The molecule has 1 aromatic carbocycles. The largest absolute Gasteiger partial charge is 0.391 e. The molecule has 2 atom stereocenters. The number of hydrogen-bond acceptors (Lipinski definition) is 3. The maximum Gasteiger partial charge on any atom is 0.0765 e. The van der Waals surface area contributed by atoms with Crippen LogP contribution in [0.25, 0.3) is 0 Å². The lowest BCUT2D eigenvalue weighted by molar-refractivity contribution is 0.0963. The van der Waals surface area contributed by atoms with Crippen LogP contribution in [0.1, 0.15) is 18.9 Å². The molecule has 0 aliphatic carbocycles. The fourth-order valence-corrected chi connectivity index (χ4v) is 2.47. The molecule has 0 bridgehead atoms. The Hall–Kier alpha value is -1.06. The van der Waals surface area contributed by atoms with Crippen LogP contribution in [-0.4, -0.2) is 37.5 Å². The summed E-state index contributed by atoms with van der Waals surface area (Å²) in [7, 11) is 0. The van der Waals surface area contributed by atoms with Crippen molar-refractivity contribution in [2.24, 2.45) is 5.92 Å². The van der Waals surface area contributed by atoms with E-state index in [1.165, 1.54) is 11.3 Å². The van der Waals surface area contributed by atoms with Crippen LogP contribution in [0.15, 0.2) is 24.3 Å². The van der Waals surface area contributed by atoms with Gasteiger partial charge in [-0.2, -0.15) is 0 Å². The zero-order valence-electron chi connectivity index (χ0n) is 11.3. The molecule has 3 heteroatoms. The molecule has 1 aliphatic rings. The summed E-state index contributed by atoms with van der Waals surface area (Å²) in [5.74, 6) is 0.295. The number of aliphatic hydroxyl groups excluding tert-OH is 1. The van der Waals surface area contributed by atoms with E-state index in [4.69, 9.17) is 4.74 Å². The van der Waals surface area contributed by atoms with Gasteiger partial charge in [-0.3, -0.25) is 0 Å². The summed E-state index contributed by atoms with van der Waals surface area (Å²) in [4.78, 5) is 2.23. The fourth-order valence-electron chi connectivity index (χ4n) is 2.47. The van der Waals surface area contributed by atoms with E-state index >= 15 is 0 Å². The van der Waals surface area contributed by atoms with E-state index in [-0.39, 0.29) is 6.10 Å². The van der Waals surface area contributed by atoms with Crippen LogP contribution in [0.5, 0.6) is 0 Å². The normalized spacial score (nSPS) is 20.9. The molecule has 0 amide bonds. The van der Waals surface area contributed by atoms with E-state index in [9.17, 15) is 5.11 Å². The molecular weight excluding hydrogens is 226 g/mol. The minimum Gasteiger partial charge on any atom is -0.391 e. The lowest BCUT2D eigenvalue weighted by atomic mass is 10.0. The Labute approximate surface area is 109 Å². The number of nitrogens with zero attached hydrogens (tertiary/aromatic N) is 1. The van der Waals surface area contributed by atoms with Crippen molar-refractivity contribution in [2.75, 3.05) is 31.2 Å². The van der Waals surface area contributed by atoms with Gasteiger partial charge in [0.2, 0.25) is 0 Å². The third-order valence-corrected chi connectivity index (χ3v) is 3.67. The van der Waals surface area contributed by atoms with Gasteiger partial charge in [0.25, 0.3) is 0 Å². The van der Waals surface area contributed by atoms with Gasteiger partial charge in [0.05, 0.1) is 12.7 Å². The number of ether oxygens (including phenoxy) is 1. The third-order valence-electron chi connectivity index (χ3n) is 3.67. The number of rotatable bonds is 5. The van der Waals surface area contributed by atoms with Crippen molar-refractivity contribution < 1.29 is 9.84 Å². The van der Waals surface area contributed by atoms with Crippen LogP contribution in [0, 0.1) is 12.8 Å². The number of benzene rings is 1. The van der Waals surface area contributed by atoms with Crippen LogP contribution in [-0.2, 0) is 4.74 Å². The standard InChI is InChI=1S/C15H23NO2/c1-3-16(14-6-4-5-12(2)9-14)10-15(17)13-7-8-18-11-13/h4-6,9,13,15,17H,3,7-8,10-11H2,1-2H3. The van der Waals surface area contributed by atoms with Gasteiger partial charge in [0.15, 0.2) is 0 Å². The highest BCUT2D eigenvalue weighted by molar-refractivity contribution is 5.48. The maximum absolute atomic E-state index is 10.3. The molecule has 1 aromatic rings. The second-order valence-corrected chi connectivity index (χ2v) is 5.07.